The molecule has 166 valence electrons. The first kappa shape index (κ1) is 26.7. The molecule has 0 fully saturated rings. The summed E-state index contributed by atoms with van der Waals surface area (Å²) < 4.78 is 0. The zero-order valence-corrected chi connectivity index (χ0v) is 18.0. The van der Waals surface area contributed by atoms with E-state index in [1.165, 1.54) is 0 Å². The van der Waals surface area contributed by atoms with Crippen molar-refractivity contribution >= 4 is 11.8 Å². The van der Waals surface area contributed by atoms with Crippen LogP contribution in [-0.4, -0.2) is 77.3 Å². The lowest BCUT2D eigenvalue weighted by atomic mass is 9.80. The molecule has 0 aliphatic carbocycles. The van der Waals surface area contributed by atoms with Gasteiger partial charge in [-0.05, 0) is 12.8 Å². The van der Waals surface area contributed by atoms with Gasteiger partial charge in [0.25, 0.3) is 0 Å². The van der Waals surface area contributed by atoms with Gasteiger partial charge in [0.1, 0.15) is 0 Å². The minimum absolute atomic E-state index is 0.0425. The maximum absolute atomic E-state index is 12.3. The van der Waals surface area contributed by atoms with Crippen molar-refractivity contribution in [2.45, 2.75) is 33.6 Å². The molecule has 28 heavy (non-hydrogen) atoms. The van der Waals surface area contributed by atoms with Crippen molar-refractivity contribution in [1.82, 2.24) is 26.6 Å². The molecule has 0 aliphatic heterocycles. The monoisotopic (exact) mass is 401 g/mol. The highest BCUT2D eigenvalue weighted by atomic mass is 16.2. The standard InChI is InChI=1S/C19H43N7O2/c1-4-16(17(21)27)15-19(2,3)18(28)26-14-13-25-12-11-24-10-9-23-8-7-22-6-5-20/h16,22-25H,4-15,20H2,1-3H3,(H2,21,27)(H,26,28). The van der Waals surface area contributed by atoms with Crippen LogP contribution in [0.5, 0.6) is 0 Å². The van der Waals surface area contributed by atoms with E-state index in [1.807, 2.05) is 20.8 Å². The van der Waals surface area contributed by atoms with Gasteiger partial charge in [-0.3, -0.25) is 9.59 Å². The Morgan fingerprint density at radius 3 is 1.64 bits per heavy atom. The third kappa shape index (κ3) is 13.8. The minimum Gasteiger partial charge on any atom is -0.369 e. The first-order chi connectivity index (χ1) is 13.3. The van der Waals surface area contributed by atoms with Gasteiger partial charge >= 0.3 is 0 Å². The van der Waals surface area contributed by atoms with Crippen LogP contribution in [0, 0.1) is 11.3 Å². The molecule has 0 heterocycles. The zero-order valence-electron chi connectivity index (χ0n) is 18.0. The lowest BCUT2D eigenvalue weighted by Crippen LogP contribution is -2.43. The first-order valence-electron chi connectivity index (χ1n) is 10.5. The van der Waals surface area contributed by atoms with Gasteiger partial charge in [0, 0.05) is 76.8 Å². The van der Waals surface area contributed by atoms with Crippen molar-refractivity contribution in [2.75, 3.05) is 65.4 Å². The molecule has 0 saturated carbocycles. The number of nitrogens with two attached hydrogens (primary N) is 2. The highest BCUT2D eigenvalue weighted by Gasteiger charge is 2.32. The third-order valence-corrected chi connectivity index (χ3v) is 4.61. The van der Waals surface area contributed by atoms with Crippen LogP contribution < -0.4 is 38.1 Å². The van der Waals surface area contributed by atoms with E-state index in [0.29, 0.717) is 32.5 Å². The van der Waals surface area contributed by atoms with Gasteiger partial charge in [0.2, 0.25) is 11.8 Å². The predicted octanol–water partition coefficient (Wildman–Crippen LogP) is -1.65. The fraction of sp³-hybridized carbons (Fsp3) is 0.895. The second-order valence-electron chi connectivity index (χ2n) is 7.64. The molecule has 0 saturated heterocycles. The summed E-state index contributed by atoms with van der Waals surface area (Å²) in [5.74, 6) is -0.642. The molecular formula is C19H43N7O2. The molecule has 1 unspecified atom stereocenters. The van der Waals surface area contributed by atoms with Crippen molar-refractivity contribution < 1.29 is 9.59 Å². The third-order valence-electron chi connectivity index (χ3n) is 4.61. The summed E-state index contributed by atoms with van der Waals surface area (Å²) in [7, 11) is 0. The van der Waals surface area contributed by atoms with Crippen molar-refractivity contribution in [3.63, 3.8) is 0 Å². The van der Waals surface area contributed by atoms with Gasteiger partial charge in [-0.25, -0.2) is 0 Å². The molecule has 0 bridgehead atoms. The van der Waals surface area contributed by atoms with Crippen LogP contribution in [0.25, 0.3) is 0 Å². The SMILES string of the molecule is CCC(CC(C)(C)C(=O)NCCNCCNCCNCCNCCN)C(N)=O. The predicted molar refractivity (Wildman–Crippen MR) is 115 cm³/mol. The van der Waals surface area contributed by atoms with E-state index in [2.05, 4.69) is 26.6 Å². The van der Waals surface area contributed by atoms with E-state index in [4.69, 9.17) is 11.5 Å². The number of amides is 2. The highest BCUT2D eigenvalue weighted by Crippen LogP contribution is 2.27. The molecule has 1 atom stereocenters. The largest absolute Gasteiger partial charge is 0.369 e. The number of carbonyl (C=O) groups is 2. The second-order valence-corrected chi connectivity index (χ2v) is 7.64. The van der Waals surface area contributed by atoms with Crippen molar-refractivity contribution in [1.29, 1.82) is 0 Å². The van der Waals surface area contributed by atoms with Crippen LogP contribution in [0.2, 0.25) is 0 Å². The van der Waals surface area contributed by atoms with Gasteiger partial charge in [0.15, 0.2) is 0 Å². The second kappa shape index (κ2) is 16.7. The summed E-state index contributed by atoms with van der Waals surface area (Å²) in [4.78, 5) is 23.7. The van der Waals surface area contributed by atoms with Gasteiger partial charge in [-0.2, -0.15) is 0 Å². The molecule has 0 aromatic rings. The van der Waals surface area contributed by atoms with Crippen LogP contribution >= 0.6 is 0 Å². The van der Waals surface area contributed by atoms with Crippen LogP contribution in [0.3, 0.4) is 0 Å². The Kier molecular flexibility index (Phi) is 15.9. The lowest BCUT2D eigenvalue weighted by Gasteiger charge is -2.26. The first-order valence-corrected chi connectivity index (χ1v) is 10.5. The highest BCUT2D eigenvalue weighted by molar-refractivity contribution is 5.83. The van der Waals surface area contributed by atoms with E-state index < -0.39 is 5.41 Å². The normalized spacial score (nSPS) is 12.7. The van der Waals surface area contributed by atoms with Crippen molar-refractivity contribution in [2.24, 2.45) is 22.8 Å². The molecular weight excluding hydrogens is 358 g/mol. The number of nitrogens with one attached hydrogen (secondary N) is 5. The Balaban J connectivity index is 3.59. The molecule has 0 aromatic heterocycles. The van der Waals surface area contributed by atoms with E-state index >= 15 is 0 Å². The Morgan fingerprint density at radius 2 is 1.25 bits per heavy atom. The van der Waals surface area contributed by atoms with Crippen LogP contribution in [0.15, 0.2) is 0 Å². The number of primary amides is 1. The molecule has 0 radical (unpaired) electrons. The van der Waals surface area contributed by atoms with Crippen molar-refractivity contribution in [3.05, 3.63) is 0 Å². The number of rotatable bonds is 19. The fourth-order valence-corrected chi connectivity index (χ4v) is 2.79. The zero-order chi connectivity index (χ0) is 21.3. The number of hydrogen-bond acceptors (Lipinski definition) is 7. The Bertz CT molecular complexity index is 419. The molecule has 2 amide bonds. The maximum atomic E-state index is 12.3. The Morgan fingerprint density at radius 1 is 0.821 bits per heavy atom. The lowest BCUT2D eigenvalue weighted by molar-refractivity contribution is -0.131. The summed E-state index contributed by atoms with van der Waals surface area (Å²) in [6.45, 7) is 13.9. The average Bonchev–Trinajstić information content (AvgIpc) is 2.65. The van der Waals surface area contributed by atoms with E-state index in [0.717, 1.165) is 45.8 Å². The average molecular weight is 402 g/mol. The van der Waals surface area contributed by atoms with Crippen LogP contribution in [0.4, 0.5) is 0 Å². The summed E-state index contributed by atoms with van der Waals surface area (Å²) in [5, 5.41) is 16.2. The molecule has 9 N–H and O–H groups in total. The molecule has 9 nitrogen and oxygen atoms in total. The summed E-state index contributed by atoms with van der Waals surface area (Å²) in [5.41, 5.74) is 10.2. The Labute approximate surface area is 170 Å². The Hall–Kier alpha value is -1.26. The quantitative estimate of drug-likeness (QED) is 0.128. The van der Waals surface area contributed by atoms with E-state index in [-0.39, 0.29) is 17.7 Å². The van der Waals surface area contributed by atoms with Gasteiger partial charge < -0.3 is 38.1 Å². The molecule has 9 heteroatoms. The molecule has 0 aromatic carbocycles. The fourth-order valence-electron chi connectivity index (χ4n) is 2.79. The maximum Gasteiger partial charge on any atom is 0.225 e. The van der Waals surface area contributed by atoms with Crippen LogP contribution in [-0.2, 0) is 9.59 Å². The molecule has 0 spiro atoms. The van der Waals surface area contributed by atoms with E-state index in [1.54, 1.807) is 0 Å². The van der Waals surface area contributed by atoms with Crippen LogP contribution in [0.1, 0.15) is 33.6 Å². The number of carbonyl (C=O) groups excluding carboxylic acids is 2. The molecule has 0 rings (SSSR count). The summed E-state index contributed by atoms with van der Waals surface area (Å²) >= 11 is 0. The van der Waals surface area contributed by atoms with Crippen molar-refractivity contribution in [3.8, 4) is 0 Å². The van der Waals surface area contributed by atoms with Gasteiger partial charge in [-0.1, -0.05) is 20.8 Å². The van der Waals surface area contributed by atoms with E-state index in [9.17, 15) is 9.59 Å². The topological polar surface area (TPSA) is 146 Å². The molecule has 0 aliphatic rings. The summed E-state index contributed by atoms with van der Waals surface area (Å²) in [6, 6.07) is 0. The minimum atomic E-state index is -0.607. The summed E-state index contributed by atoms with van der Waals surface area (Å²) in [6.07, 6.45) is 1.13. The smallest absolute Gasteiger partial charge is 0.225 e. The number of hydrogen-bond donors (Lipinski definition) is 7. The van der Waals surface area contributed by atoms with Gasteiger partial charge in [0.05, 0.1) is 0 Å². The van der Waals surface area contributed by atoms with Gasteiger partial charge in [-0.15, -0.1) is 0 Å².